The highest BCUT2D eigenvalue weighted by Gasteiger charge is 2.30. The average Bonchev–Trinajstić information content (AvgIpc) is 2.83. The zero-order chi connectivity index (χ0) is 11.5. The molecule has 1 fully saturated rings. The third-order valence-electron chi connectivity index (χ3n) is 2.34. The Morgan fingerprint density at radius 3 is 3.12 bits per heavy atom. The third kappa shape index (κ3) is 2.93. The summed E-state index contributed by atoms with van der Waals surface area (Å²) in [5.74, 6) is -0.875. The Labute approximate surface area is 105 Å². The summed E-state index contributed by atoms with van der Waals surface area (Å²) in [4.78, 5) is 14.8. The number of aromatic nitrogens is 1. The molecular weight excluding hydrogens is 296 g/mol. The van der Waals surface area contributed by atoms with Crippen molar-refractivity contribution in [3.05, 3.63) is 9.98 Å². The molecule has 88 valence electrons. The van der Waals surface area contributed by atoms with E-state index < -0.39 is 12.1 Å². The Balaban J connectivity index is 1.77. The smallest absolute Gasteiger partial charge is 0.332 e. The van der Waals surface area contributed by atoms with Crippen molar-refractivity contribution in [3.63, 3.8) is 0 Å². The van der Waals surface area contributed by atoms with E-state index in [9.17, 15) is 4.79 Å². The minimum atomic E-state index is -0.875. The SMILES string of the molecule is O=C(O)C1CCC(CNc2nc(Br)cs2)O1. The van der Waals surface area contributed by atoms with E-state index in [0.717, 1.165) is 16.2 Å². The maximum atomic E-state index is 10.7. The first-order valence-electron chi connectivity index (χ1n) is 4.88. The lowest BCUT2D eigenvalue weighted by Crippen LogP contribution is -2.24. The molecular formula is C9H11BrN2O3S. The second kappa shape index (κ2) is 5.11. The van der Waals surface area contributed by atoms with Crippen molar-refractivity contribution in [2.24, 2.45) is 0 Å². The highest BCUT2D eigenvalue weighted by atomic mass is 79.9. The monoisotopic (exact) mass is 306 g/mol. The van der Waals surface area contributed by atoms with Gasteiger partial charge in [-0.25, -0.2) is 9.78 Å². The molecule has 0 amide bonds. The number of hydrogen-bond donors (Lipinski definition) is 2. The van der Waals surface area contributed by atoms with Crippen LogP contribution >= 0.6 is 27.3 Å². The molecule has 0 bridgehead atoms. The minimum Gasteiger partial charge on any atom is -0.479 e. The van der Waals surface area contributed by atoms with Crippen molar-refractivity contribution in [2.45, 2.75) is 25.0 Å². The second-order valence-electron chi connectivity index (χ2n) is 3.52. The van der Waals surface area contributed by atoms with Crippen LogP contribution in [0.3, 0.4) is 0 Å². The lowest BCUT2D eigenvalue weighted by Gasteiger charge is -2.11. The Bertz CT molecular complexity index is 385. The third-order valence-corrected chi connectivity index (χ3v) is 3.85. The number of ether oxygens (including phenoxy) is 1. The molecule has 2 atom stereocenters. The van der Waals surface area contributed by atoms with E-state index in [1.807, 2.05) is 5.38 Å². The molecule has 1 saturated heterocycles. The van der Waals surface area contributed by atoms with Crippen molar-refractivity contribution < 1.29 is 14.6 Å². The molecule has 2 rings (SSSR count). The fraction of sp³-hybridized carbons (Fsp3) is 0.556. The first-order valence-corrected chi connectivity index (χ1v) is 6.55. The molecule has 0 aliphatic carbocycles. The van der Waals surface area contributed by atoms with E-state index in [-0.39, 0.29) is 6.10 Å². The predicted molar refractivity (Wildman–Crippen MR) is 63.8 cm³/mol. The summed E-state index contributed by atoms with van der Waals surface area (Å²) < 4.78 is 6.16. The maximum Gasteiger partial charge on any atom is 0.332 e. The van der Waals surface area contributed by atoms with Gasteiger partial charge < -0.3 is 15.2 Å². The van der Waals surface area contributed by atoms with Gasteiger partial charge >= 0.3 is 5.97 Å². The number of anilines is 1. The molecule has 1 aromatic heterocycles. The van der Waals surface area contributed by atoms with Crippen LogP contribution < -0.4 is 5.32 Å². The van der Waals surface area contributed by atoms with Gasteiger partial charge in [0.1, 0.15) is 4.60 Å². The van der Waals surface area contributed by atoms with E-state index in [1.165, 1.54) is 11.3 Å². The van der Waals surface area contributed by atoms with Crippen molar-refractivity contribution >= 4 is 38.4 Å². The van der Waals surface area contributed by atoms with Crippen LogP contribution in [0.5, 0.6) is 0 Å². The van der Waals surface area contributed by atoms with Crippen LogP contribution in [0.25, 0.3) is 0 Å². The minimum absolute atomic E-state index is 0.0382. The molecule has 1 aliphatic rings. The first kappa shape index (κ1) is 11.8. The Morgan fingerprint density at radius 2 is 2.56 bits per heavy atom. The van der Waals surface area contributed by atoms with E-state index in [2.05, 4.69) is 26.2 Å². The molecule has 2 unspecified atom stereocenters. The predicted octanol–water partition coefficient (Wildman–Crippen LogP) is 1.95. The summed E-state index contributed by atoms with van der Waals surface area (Å²) in [6.45, 7) is 0.601. The Morgan fingerprint density at radius 1 is 1.75 bits per heavy atom. The molecule has 0 saturated carbocycles. The van der Waals surface area contributed by atoms with Crippen LogP contribution in [-0.4, -0.2) is 34.8 Å². The second-order valence-corrected chi connectivity index (χ2v) is 5.19. The number of hydrogen-bond acceptors (Lipinski definition) is 5. The summed E-state index contributed by atoms with van der Waals surface area (Å²) in [7, 11) is 0. The van der Waals surface area contributed by atoms with E-state index in [4.69, 9.17) is 9.84 Å². The molecule has 1 aromatic rings. The number of carboxylic acids is 1. The number of carbonyl (C=O) groups is 1. The zero-order valence-corrected chi connectivity index (χ0v) is 10.8. The Kier molecular flexibility index (Phi) is 3.78. The fourth-order valence-corrected chi connectivity index (χ4v) is 2.73. The number of thiazole rings is 1. The molecule has 0 aromatic carbocycles. The van der Waals surface area contributed by atoms with Crippen LogP contribution in [0.2, 0.25) is 0 Å². The van der Waals surface area contributed by atoms with Gasteiger partial charge in [-0.1, -0.05) is 0 Å². The highest BCUT2D eigenvalue weighted by molar-refractivity contribution is 9.10. The van der Waals surface area contributed by atoms with E-state index in [1.54, 1.807) is 0 Å². The first-order chi connectivity index (χ1) is 7.65. The van der Waals surface area contributed by atoms with Crippen LogP contribution in [0.1, 0.15) is 12.8 Å². The molecule has 5 nitrogen and oxygen atoms in total. The molecule has 0 spiro atoms. The highest BCUT2D eigenvalue weighted by Crippen LogP contribution is 2.22. The number of carboxylic acid groups (broad SMARTS) is 1. The number of nitrogens with zero attached hydrogens (tertiary/aromatic N) is 1. The van der Waals surface area contributed by atoms with E-state index in [0.29, 0.717) is 13.0 Å². The standard InChI is InChI=1S/C9H11BrN2O3S/c10-7-4-16-9(12-7)11-3-5-1-2-6(15-5)8(13)14/h4-6H,1-3H2,(H,11,12)(H,13,14). The fourth-order valence-electron chi connectivity index (χ4n) is 1.57. The van der Waals surface area contributed by atoms with Crippen molar-refractivity contribution in [1.29, 1.82) is 0 Å². The Hall–Kier alpha value is -0.660. The van der Waals surface area contributed by atoms with Gasteiger partial charge in [0.2, 0.25) is 0 Å². The van der Waals surface area contributed by atoms with Crippen LogP contribution in [0, 0.1) is 0 Å². The zero-order valence-electron chi connectivity index (χ0n) is 8.35. The lowest BCUT2D eigenvalue weighted by molar-refractivity contribution is -0.149. The number of rotatable bonds is 4. The van der Waals surface area contributed by atoms with Crippen molar-refractivity contribution in [1.82, 2.24) is 4.98 Å². The summed E-state index contributed by atoms with van der Waals surface area (Å²) in [6.07, 6.45) is 0.679. The molecule has 2 N–H and O–H groups in total. The quantitative estimate of drug-likeness (QED) is 0.889. The molecule has 7 heteroatoms. The molecule has 2 heterocycles. The van der Waals surface area contributed by atoms with Gasteiger partial charge in [0.05, 0.1) is 6.10 Å². The van der Waals surface area contributed by atoms with Gasteiger partial charge in [0.25, 0.3) is 0 Å². The van der Waals surface area contributed by atoms with Gasteiger partial charge in [-0.3, -0.25) is 0 Å². The van der Waals surface area contributed by atoms with Crippen molar-refractivity contribution in [3.8, 4) is 0 Å². The normalized spacial score (nSPS) is 24.6. The summed E-state index contributed by atoms with van der Waals surface area (Å²) in [5, 5.41) is 14.6. The molecule has 0 radical (unpaired) electrons. The van der Waals surface area contributed by atoms with E-state index >= 15 is 0 Å². The molecule has 16 heavy (non-hydrogen) atoms. The summed E-state index contributed by atoms with van der Waals surface area (Å²) in [5.41, 5.74) is 0. The average molecular weight is 307 g/mol. The topological polar surface area (TPSA) is 71.5 Å². The number of aliphatic carboxylic acids is 1. The van der Waals surface area contributed by atoms with Gasteiger partial charge in [0.15, 0.2) is 11.2 Å². The van der Waals surface area contributed by atoms with Gasteiger partial charge in [-0.15, -0.1) is 11.3 Å². The molecule has 1 aliphatic heterocycles. The maximum absolute atomic E-state index is 10.7. The largest absolute Gasteiger partial charge is 0.479 e. The van der Waals surface area contributed by atoms with Crippen LogP contribution in [-0.2, 0) is 9.53 Å². The lowest BCUT2D eigenvalue weighted by atomic mass is 10.2. The van der Waals surface area contributed by atoms with Crippen molar-refractivity contribution in [2.75, 3.05) is 11.9 Å². The van der Waals surface area contributed by atoms with Crippen LogP contribution in [0.15, 0.2) is 9.98 Å². The van der Waals surface area contributed by atoms with Gasteiger partial charge in [-0.05, 0) is 28.8 Å². The van der Waals surface area contributed by atoms with Gasteiger partial charge in [0, 0.05) is 11.9 Å². The summed E-state index contributed by atoms with van der Waals surface area (Å²) in [6, 6.07) is 0. The van der Waals surface area contributed by atoms with Gasteiger partial charge in [-0.2, -0.15) is 0 Å². The summed E-state index contributed by atoms with van der Waals surface area (Å²) >= 11 is 4.76. The number of nitrogens with one attached hydrogen (secondary N) is 1. The van der Waals surface area contributed by atoms with Crippen LogP contribution in [0.4, 0.5) is 5.13 Å². The number of halogens is 1.